The number of nitrogens with one attached hydrogen (secondary N) is 1. The van der Waals surface area contributed by atoms with E-state index >= 15 is 0 Å². The molecule has 0 radical (unpaired) electrons. The third-order valence-electron chi connectivity index (χ3n) is 5.57. The van der Waals surface area contributed by atoms with Gasteiger partial charge in [-0.15, -0.1) is 0 Å². The van der Waals surface area contributed by atoms with Gasteiger partial charge in [0, 0.05) is 12.3 Å². The van der Waals surface area contributed by atoms with Gasteiger partial charge in [0.05, 0.1) is 31.8 Å². The summed E-state index contributed by atoms with van der Waals surface area (Å²) in [6.07, 6.45) is 1.87. The van der Waals surface area contributed by atoms with E-state index in [1.807, 2.05) is 13.0 Å². The summed E-state index contributed by atoms with van der Waals surface area (Å²) in [4.78, 5) is 13.8. The average molecular weight is 338 g/mol. The van der Waals surface area contributed by atoms with Gasteiger partial charge in [0.25, 0.3) is 0 Å². The van der Waals surface area contributed by atoms with E-state index in [9.17, 15) is 15.0 Å². The molecule has 1 aliphatic carbocycles. The maximum absolute atomic E-state index is 12.5. The van der Waals surface area contributed by atoms with Crippen molar-refractivity contribution < 1.29 is 24.6 Å². The Morgan fingerprint density at radius 3 is 2.62 bits per heavy atom. The first-order valence-corrected chi connectivity index (χ1v) is 9.12. The number of quaternary nitrogens is 1. The lowest BCUT2D eigenvalue weighted by molar-refractivity contribution is -0.899. The standard InChI is InChI=1S/C19H31NO4/c1-5-20(6-2)11-14-18-16(22)9-12(3)7-8-15(21)13(4)10-17(18)24-19(14)23/h9,14-18,21-22H,4-8,10-11H2,1-3H3/p+1/b12-9+/t14-,15-,16+,17-,18+/m1/s1. The monoisotopic (exact) mass is 338 g/mol. The van der Waals surface area contributed by atoms with Gasteiger partial charge in [0.2, 0.25) is 0 Å². The third kappa shape index (κ3) is 4.26. The maximum atomic E-state index is 12.5. The molecule has 0 aromatic heterocycles. The van der Waals surface area contributed by atoms with Crippen molar-refractivity contribution >= 4 is 5.97 Å². The number of hydrogen-bond acceptors (Lipinski definition) is 4. The summed E-state index contributed by atoms with van der Waals surface area (Å²) in [5.41, 5.74) is 1.72. The minimum atomic E-state index is -0.704. The fourth-order valence-corrected chi connectivity index (χ4v) is 3.89. The topological polar surface area (TPSA) is 71.2 Å². The Labute approximate surface area is 145 Å². The SMILES string of the molecule is C=C1C[C@H]2OC(=O)[C@H](C[NH+](CC)CC)[C@H]2[C@@H](O)/C=C(\C)CC[C@H]1O. The first-order valence-electron chi connectivity index (χ1n) is 9.12. The first kappa shape index (κ1) is 19.2. The van der Waals surface area contributed by atoms with Crippen molar-refractivity contribution in [1.82, 2.24) is 0 Å². The highest BCUT2D eigenvalue weighted by Gasteiger charge is 2.49. The number of ether oxygens (including phenoxy) is 1. The van der Waals surface area contributed by atoms with Crippen LogP contribution in [0.3, 0.4) is 0 Å². The van der Waals surface area contributed by atoms with Gasteiger partial charge in [-0.25, -0.2) is 0 Å². The van der Waals surface area contributed by atoms with E-state index in [1.54, 1.807) is 0 Å². The molecule has 0 saturated carbocycles. The van der Waals surface area contributed by atoms with Crippen LogP contribution in [0.5, 0.6) is 0 Å². The molecule has 5 nitrogen and oxygen atoms in total. The molecule has 0 amide bonds. The number of hydrogen-bond donors (Lipinski definition) is 3. The molecule has 1 fully saturated rings. The van der Waals surface area contributed by atoms with E-state index in [4.69, 9.17) is 4.74 Å². The number of aliphatic hydroxyl groups is 2. The Bertz CT molecular complexity index is 498. The molecule has 2 aliphatic rings. The number of carbonyl (C=O) groups excluding carboxylic acids is 1. The van der Waals surface area contributed by atoms with Crippen molar-refractivity contribution in [3.63, 3.8) is 0 Å². The van der Waals surface area contributed by atoms with E-state index in [0.717, 1.165) is 25.1 Å². The van der Waals surface area contributed by atoms with E-state index in [-0.39, 0.29) is 17.8 Å². The van der Waals surface area contributed by atoms with E-state index in [2.05, 4.69) is 20.4 Å². The maximum Gasteiger partial charge on any atom is 0.315 e. The second kappa shape index (κ2) is 8.28. The van der Waals surface area contributed by atoms with Crippen molar-refractivity contribution in [2.45, 2.75) is 58.3 Å². The highest BCUT2D eigenvalue weighted by atomic mass is 16.6. The van der Waals surface area contributed by atoms with Crippen LogP contribution >= 0.6 is 0 Å². The van der Waals surface area contributed by atoms with Crippen LogP contribution in [0.15, 0.2) is 23.8 Å². The lowest BCUT2D eigenvalue weighted by Gasteiger charge is -2.28. The average Bonchev–Trinajstić information content (AvgIpc) is 2.84. The Balaban J connectivity index is 2.29. The molecule has 1 saturated heterocycles. The molecule has 2 rings (SSSR count). The lowest BCUT2D eigenvalue weighted by atomic mass is 9.80. The van der Waals surface area contributed by atoms with Gasteiger partial charge in [0.1, 0.15) is 12.0 Å². The van der Waals surface area contributed by atoms with Crippen molar-refractivity contribution in [2.75, 3.05) is 19.6 Å². The number of fused-ring (bicyclic) bond motifs is 1. The van der Waals surface area contributed by atoms with E-state index < -0.39 is 18.3 Å². The molecular formula is C19H32NO4+. The minimum absolute atomic E-state index is 0.226. The molecule has 0 bridgehead atoms. The summed E-state index contributed by atoms with van der Waals surface area (Å²) < 4.78 is 5.61. The fraction of sp³-hybridized carbons (Fsp3) is 0.737. The van der Waals surface area contributed by atoms with Crippen LogP contribution in [-0.2, 0) is 9.53 Å². The summed E-state index contributed by atoms with van der Waals surface area (Å²) in [6, 6.07) is 0. The molecule has 5 atom stereocenters. The van der Waals surface area contributed by atoms with Crippen molar-refractivity contribution in [1.29, 1.82) is 0 Å². The fourth-order valence-electron chi connectivity index (χ4n) is 3.89. The molecule has 5 heteroatoms. The lowest BCUT2D eigenvalue weighted by Crippen LogP contribution is -3.12. The Morgan fingerprint density at radius 2 is 2.00 bits per heavy atom. The summed E-state index contributed by atoms with van der Waals surface area (Å²) in [5, 5.41) is 21.0. The van der Waals surface area contributed by atoms with Crippen molar-refractivity contribution in [3.05, 3.63) is 23.8 Å². The van der Waals surface area contributed by atoms with Crippen LogP contribution in [-0.4, -0.2) is 54.1 Å². The second-order valence-corrected chi connectivity index (χ2v) is 7.24. The highest BCUT2D eigenvalue weighted by Crippen LogP contribution is 2.36. The minimum Gasteiger partial charge on any atom is -0.461 e. The van der Waals surface area contributed by atoms with E-state index in [0.29, 0.717) is 25.0 Å². The van der Waals surface area contributed by atoms with Crippen LogP contribution in [0.2, 0.25) is 0 Å². The van der Waals surface area contributed by atoms with Gasteiger partial charge in [-0.1, -0.05) is 18.2 Å². The molecule has 24 heavy (non-hydrogen) atoms. The zero-order valence-corrected chi connectivity index (χ0v) is 15.1. The van der Waals surface area contributed by atoms with E-state index in [1.165, 1.54) is 4.90 Å². The van der Waals surface area contributed by atoms with Gasteiger partial charge >= 0.3 is 5.97 Å². The molecule has 3 N–H and O–H groups in total. The molecule has 0 spiro atoms. The van der Waals surface area contributed by atoms with Gasteiger partial charge in [-0.3, -0.25) is 4.79 Å². The highest BCUT2D eigenvalue weighted by molar-refractivity contribution is 5.75. The number of rotatable bonds is 4. The molecule has 136 valence electrons. The smallest absolute Gasteiger partial charge is 0.315 e. The quantitative estimate of drug-likeness (QED) is 0.515. The van der Waals surface area contributed by atoms with Gasteiger partial charge in [0.15, 0.2) is 0 Å². The number of aliphatic hydroxyl groups excluding tert-OH is 2. The van der Waals surface area contributed by atoms with Crippen LogP contribution in [0.25, 0.3) is 0 Å². The van der Waals surface area contributed by atoms with Gasteiger partial charge < -0.3 is 19.8 Å². The van der Waals surface area contributed by atoms with Crippen LogP contribution < -0.4 is 4.90 Å². The second-order valence-electron chi connectivity index (χ2n) is 7.24. The number of carbonyl (C=O) groups is 1. The molecule has 0 unspecified atom stereocenters. The predicted molar refractivity (Wildman–Crippen MR) is 92.5 cm³/mol. The summed E-state index contributed by atoms with van der Waals surface area (Å²) in [6.45, 7) is 12.7. The van der Waals surface area contributed by atoms with Gasteiger partial charge in [-0.05, 0) is 39.2 Å². The normalized spacial score (nSPS) is 36.9. The van der Waals surface area contributed by atoms with Crippen molar-refractivity contribution in [3.8, 4) is 0 Å². The third-order valence-corrected chi connectivity index (χ3v) is 5.57. The largest absolute Gasteiger partial charge is 0.461 e. The molecular weight excluding hydrogens is 306 g/mol. The molecule has 1 heterocycles. The van der Waals surface area contributed by atoms with Gasteiger partial charge in [-0.2, -0.15) is 0 Å². The van der Waals surface area contributed by atoms with Crippen LogP contribution in [0.1, 0.15) is 40.0 Å². The summed E-state index contributed by atoms with van der Waals surface area (Å²) in [7, 11) is 0. The Morgan fingerprint density at radius 1 is 1.33 bits per heavy atom. The summed E-state index contributed by atoms with van der Waals surface area (Å²) in [5.74, 6) is -0.813. The zero-order valence-electron chi connectivity index (χ0n) is 15.1. The Hall–Kier alpha value is -1.17. The van der Waals surface area contributed by atoms with Crippen LogP contribution in [0.4, 0.5) is 0 Å². The first-order chi connectivity index (χ1) is 11.4. The molecule has 0 aromatic carbocycles. The molecule has 1 aliphatic heterocycles. The number of esters is 1. The zero-order chi connectivity index (χ0) is 17.9. The summed E-state index contributed by atoms with van der Waals surface area (Å²) >= 11 is 0. The predicted octanol–water partition coefficient (Wildman–Crippen LogP) is 0.477. The Kier molecular flexibility index (Phi) is 6.61. The number of allylic oxidation sites excluding steroid dienone is 1. The molecule has 0 aromatic rings. The van der Waals surface area contributed by atoms with Crippen molar-refractivity contribution in [2.24, 2.45) is 11.8 Å². The van der Waals surface area contributed by atoms with Crippen LogP contribution in [0, 0.1) is 11.8 Å².